The van der Waals surface area contributed by atoms with Gasteiger partial charge >= 0.3 is 0 Å². The van der Waals surface area contributed by atoms with Crippen molar-refractivity contribution in [2.75, 3.05) is 6.54 Å². The molecule has 0 rings (SSSR count). The molecule has 0 radical (unpaired) electrons. The van der Waals surface area contributed by atoms with Crippen LogP contribution in [0.5, 0.6) is 0 Å². The van der Waals surface area contributed by atoms with E-state index in [0.717, 1.165) is 0 Å². The van der Waals surface area contributed by atoms with Crippen LogP contribution in [-0.4, -0.2) is 12.7 Å². The molecule has 1 unspecified atom stereocenters. The van der Waals surface area contributed by atoms with E-state index in [-0.39, 0.29) is 5.92 Å². The smallest absolute Gasteiger partial charge is 0.101 e. The molecular formula is C5H12FN. The fraction of sp³-hybridized carbons (Fsp3) is 1.00. The van der Waals surface area contributed by atoms with E-state index in [1.54, 1.807) is 6.92 Å². The minimum atomic E-state index is -0.759. The van der Waals surface area contributed by atoms with Crippen molar-refractivity contribution in [3.63, 3.8) is 0 Å². The van der Waals surface area contributed by atoms with E-state index in [9.17, 15) is 4.39 Å². The second-order valence-electron chi connectivity index (χ2n) is 1.89. The first-order valence-electron chi connectivity index (χ1n) is 2.52. The Kier molecular flexibility index (Phi) is 2.92. The van der Waals surface area contributed by atoms with Gasteiger partial charge in [-0.05, 0) is 19.4 Å². The summed E-state index contributed by atoms with van der Waals surface area (Å²) >= 11 is 0. The molecule has 2 atom stereocenters. The van der Waals surface area contributed by atoms with Crippen molar-refractivity contribution in [1.82, 2.24) is 0 Å². The first-order chi connectivity index (χ1) is 3.18. The fourth-order valence-corrected chi connectivity index (χ4v) is 0.188. The van der Waals surface area contributed by atoms with Gasteiger partial charge in [0.1, 0.15) is 6.17 Å². The summed E-state index contributed by atoms with van der Waals surface area (Å²) < 4.78 is 12.0. The lowest BCUT2D eigenvalue weighted by Gasteiger charge is -2.06. The van der Waals surface area contributed by atoms with Gasteiger partial charge < -0.3 is 5.73 Å². The van der Waals surface area contributed by atoms with Crippen molar-refractivity contribution in [3.8, 4) is 0 Å². The Morgan fingerprint density at radius 2 is 2.00 bits per heavy atom. The highest BCUT2D eigenvalue weighted by Gasteiger charge is 2.05. The standard InChI is InChI=1S/C5H12FN/c1-4(3-7)5(2)6/h4-5H,3,7H2,1-2H3/t4-,5?/m1/s1. The third-order valence-corrected chi connectivity index (χ3v) is 1.16. The molecule has 2 heteroatoms. The largest absolute Gasteiger partial charge is 0.330 e. The third-order valence-electron chi connectivity index (χ3n) is 1.16. The molecule has 0 amide bonds. The number of hydrogen-bond acceptors (Lipinski definition) is 1. The van der Waals surface area contributed by atoms with Gasteiger partial charge in [-0.1, -0.05) is 6.92 Å². The van der Waals surface area contributed by atoms with Crippen LogP contribution in [0.25, 0.3) is 0 Å². The highest BCUT2D eigenvalue weighted by Crippen LogP contribution is 2.02. The van der Waals surface area contributed by atoms with E-state index in [0.29, 0.717) is 6.54 Å². The highest BCUT2D eigenvalue weighted by atomic mass is 19.1. The number of nitrogens with two attached hydrogens (primary N) is 1. The van der Waals surface area contributed by atoms with Crippen LogP contribution in [0.1, 0.15) is 13.8 Å². The third kappa shape index (κ3) is 2.57. The van der Waals surface area contributed by atoms with Crippen molar-refractivity contribution in [3.05, 3.63) is 0 Å². The van der Waals surface area contributed by atoms with Gasteiger partial charge in [0.2, 0.25) is 0 Å². The molecule has 1 nitrogen and oxygen atoms in total. The lowest BCUT2D eigenvalue weighted by Crippen LogP contribution is -2.18. The van der Waals surface area contributed by atoms with Crippen LogP contribution in [0.2, 0.25) is 0 Å². The Hall–Kier alpha value is -0.110. The van der Waals surface area contributed by atoms with Crippen LogP contribution < -0.4 is 5.73 Å². The molecule has 0 heterocycles. The van der Waals surface area contributed by atoms with Crippen LogP contribution in [0.15, 0.2) is 0 Å². The average Bonchev–Trinajstić information content (AvgIpc) is 1.65. The van der Waals surface area contributed by atoms with Crippen molar-refractivity contribution < 1.29 is 4.39 Å². The Bertz CT molecular complexity index is 45.3. The van der Waals surface area contributed by atoms with Gasteiger partial charge in [0.15, 0.2) is 0 Å². The first kappa shape index (κ1) is 6.89. The van der Waals surface area contributed by atoms with Crippen LogP contribution in [0.3, 0.4) is 0 Å². The lowest BCUT2D eigenvalue weighted by molar-refractivity contribution is 0.269. The summed E-state index contributed by atoms with van der Waals surface area (Å²) in [4.78, 5) is 0. The van der Waals surface area contributed by atoms with Gasteiger partial charge in [-0.15, -0.1) is 0 Å². The maximum absolute atomic E-state index is 12.0. The van der Waals surface area contributed by atoms with Crippen molar-refractivity contribution in [2.24, 2.45) is 11.7 Å². The molecule has 2 N–H and O–H groups in total. The summed E-state index contributed by atoms with van der Waals surface area (Å²) in [6, 6.07) is 0. The summed E-state index contributed by atoms with van der Waals surface area (Å²) in [6.45, 7) is 3.76. The molecule has 44 valence electrons. The zero-order valence-electron chi connectivity index (χ0n) is 4.82. The second-order valence-corrected chi connectivity index (χ2v) is 1.89. The zero-order valence-corrected chi connectivity index (χ0v) is 4.82. The Morgan fingerprint density at radius 1 is 1.57 bits per heavy atom. The molecule has 7 heavy (non-hydrogen) atoms. The van der Waals surface area contributed by atoms with E-state index >= 15 is 0 Å². The molecule has 0 aliphatic carbocycles. The monoisotopic (exact) mass is 105 g/mol. The quantitative estimate of drug-likeness (QED) is 0.555. The maximum atomic E-state index is 12.0. The van der Waals surface area contributed by atoms with Crippen molar-refractivity contribution in [1.29, 1.82) is 0 Å². The molecule has 0 aromatic carbocycles. The Balaban J connectivity index is 3.14. The molecule has 0 aliphatic rings. The van der Waals surface area contributed by atoms with E-state index in [2.05, 4.69) is 0 Å². The zero-order chi connectivity index (χ0) is 5.86. The van der Waals surface area contributed by atoms with Gasteiger partial charge in [0.25, 0.3) is 0 Å². The van der Waals surface area contributed by atoms with Gasteiger partial charge in [-0.25, -0.2) is 4.39 Å². The summed E-state index contributed by atoms with van der Waals surface area (Å²) in [5.74, 6) is 0.0139. The number of hydrogen-bond donors (Lipinski definition) is 1. The lowest BCUT2D eigenvalue weighted by atomic mass is 10.1. The van der Waals surface area contributed by atoms with E-state index < -0.39 is 6.17 Å². The van der Waals surface area contributed by atoms with Crippen molar-refractivity contribution in [2.45, 2.75) is 20.0 Å². The topological polar surface area (TPSA) is 26.0 Å². The minimum absolute atomic E-state index is 0.0139. The van der Waals surface area contributed by atoms with Crippen LogP contribution >= 0.6 is 0 Å². The first-order valence-corrected chi connectivity index (χ1v) is 2.52. The maximum Gasteiger partial charge on any atom is 0.101 e. The molecule has 0 saturated carbocycles. The summed E-state index contributed by atoms with van der Waals surface area (Å²) in [7, 11) is 0. The van der Waals surface area contributed by atoms with Crippen LogP contribution in [0, 0.1) is 5.92 Å². The van der Waals surface area contributed by atoms with Gasteiger partial charge in [0.05, 0.1) is 0 Å². The van der Waals surface area contributed by atoms with Gasteiger partial charge in [-0.3, -0.25) is 0 Å². The fourth-order valence-electron chi connectivity index (χ4n) is 0.188. The molecule has 0 bridgehead atoms. The molecular weight excluding hydrogens is 93.1 g/mol. The summed E-state index contributed by atoms with van der Waals surface area (Å²) in [6.07, 6.45) is -0.759. The van der Waals surface area contributed by atoms with E-state index in [1.165, 1.54) is 6.92 Å². The number of alkyl halides is 1. The second kappa shape index (κ2) is 2.97. The molecule has 0 fully saturated rings. The molecule has 0 aliphatic heterocycles. The Morgan fingerprint density at radius 3 is 2.00 bits per heavy atom. The normalized spacial score (nSPS) is 18.9. The van der Waals surface area contributed by atoms with Crippen molar-refractivity contribution >= 4 is 0 Å². The number of rotatable bonds is 2. The van der Waals surface area contributed by atoms with E-state index in [1.807, 2.05) is 0 Å². The Labute approximate surface area is 43.7 Å². The molecule has 0 saturated heterocycles. The number of halogens is 1. The highest BCUT2D eigenvalue weighted by molar-refractivity contribution is 4.58. The predicted molar refractivity (Wildman–Crippen MR) is 28.8 cm³/mol. The SMILES string of the molecule is CC(F)[C@H](C)CN. The predicted octanol–water partition coefficient (Wildman–Crippen LogP) is 0.939. The van der Waals surface area contributed by atoms with Gasteiger partial charge in [0, 0.05) is 0 Å². The van der Waals surface area contributed by atoms with E-state index in [4.69, 9.17) is 5.73 Å². The summed E-state index contributed by atoms with van der Waals surface area (Å²) in [5.41, 5.74) is 5.13. The van der Waals surface area contributed by atoms with Gasteiger partial charge in [-0.2, -0.15) is 0 Å². The molecule has 0 spiro atoms. The summed E-state index contributed by atoms with van der Waals surface area (Å²) in [5, 5.41) is 0. The average molecular weight is 105 g/mol. The molecule has 0 aromatic rings. The van der Waals surface area contributed by atoms with Crippen LogP contribution in [0.4, 0.5) is 4.39 Å². The minimum Gasteiger partial charge on any atom is -0.330 e. The van der Waals surface area contributed by atoms with Crippen LogP contribution in [-0.2, 0) is 0 Å². The molecule has 0 aromatic heterocycles.